The summed E-state index contributed by atoms with van der Waals surface area (Å²) < 4.78 is 5.71. The van der Waals surface area contributed by atoms with Crippen molar-refractivity contribution >= 4 is 11.6 Å². The van der Waals surface area contributed by atoms with Crippen molar-refractivity contribution in [3.63, 3.8) is 0 Å². The number of carbonyl (C=O) groups is 1. The van der Waals surface area contributed by atoms with E-state index in [1.807, 2.05) is 62.4 Å². The van der Waals surface area contributed by atoms with Gasteiger partial charge in [-0.1, -0.05) is 24.6 Å². The van der Waals surface area contributed by atoms with Crippen molar-refractivity contribution in [2.24, 2.45) is 0 Å². The highest BCUT2D eigenvalue weighted by molar-refractivity contribution is 6.04. The van der Waals surface area contributed by atoms with Gasteiger partial charge in [0.15, 0.2) is 0 Å². The zero-order valence-corrected chi connectivity index (χ0v) is 12.7. The first-order valence-electron chi connectivity index (χ1n) is 7.23. The number of nitrogens with one attached hydrogen (secondary N) is 1. The van der Waals surface area contributed by atoms with Crippen molar-refractivity contribution in [3.05, 3.63) is 59.7 Å². The number of anilines is 1. The van der Waals surface area contributed by atoms with Crippen LogP contribution in [-0.4, -0.2) is 12.0 Å². The summed E-state index contributed by atoms with van der Waals surface area (Å²) in [7, 11) is 0. The average molecular weight is 283 g/mol. The third kappa shape index (κ3) is 4.35. The van der Waals surface area contributed by atoms with E-state index in [4.69, 9.17) is 4.74 Å². The summed E-state index contributed by atoms with van der Waals surface area (Å²) >= 11 is 0. The van der Waals surface area contributed by atoms with Gasteiger partial charge in [-0.25, -0.2) is 0 Å². The summed E-state index contributed by atoms with van der Waals surface area (Å²) in [6.07, 6.45) is 1.16. The van der Waals surface area contributed by atoms with Gasteiger partial charge in [-0.2, -0.15) is 0 Å². The Morgan fingerprint density at radius 2 is 1.90 bits per heavy atom. The third-order valence-corrected chi connectivity index (χ3v) is 3.30. The highest BCUT2D eigenvalue weighted by atomic mass is 16.5. The van der Waals surface area contributed by atoms with E-state index >= 15 is 0 Å². The Labute approximate surface area is 126 Å². The van der Waals surface area contributed by atoms with Crippen LogP contribution < -0.4 is 10.1 Å². The second-order valence-corrected chi connectivity index (χ2v) is 5.18. The fourth-order valence-corrected chi connectivity index (χ4v) is 1.92. The normalized spacial score (nSPS) is 11.8. The van der Waals surface area contributed by atoms with Crippen LogP contribution in [0.2, 0.25) is 0 Å². The molecule has 3 nitrogen and oxygen atoms in total. The summed E-state index contributed by atoms with van der Waals surface area (Å²) in [6.45, 7) is 6.09. The molecule has 0 aliphatic carbocycles. The van der Waals surface area contributed by atoms with Crippen LogP contribution in [0.25, 0.3) is 0 Å². The van der Waals surface area contributed by atoms with Crippen LogP contribution in [0, 0.1) is 6.92 Å². The maximum Gasteiger partial charge on any atom is 0.255 e. The molecular weight excluding hydrogens is 262 g/mol. The maximum absolute atomic E-state index is 12.1. The Bertz CT molecular complexity index is 605. The molecular formula is C18H21NO2. The fraction of sp³-hybridized carbons (Fsp3) is 0.278. The molecule has 0 aromatic heterocycles. The van der Waals surface area contributed by atoms with E-state index in [1.165, 1.54) is 0 Å². The summed E-state index contributed by atoms with van der Waals surface area (Å²) in [6, 6.07) is 15.0. The third-order valence-electron chi connectivity index (χ3n) is 3.30. The molecule has 110 valence electrons. The van der Waals surface area contributed by atoms with E-state index in [0.717, 1.165) is 23.4 Å². The largest absolute Gasteiger partial charge is 0.491 e. The number of rotatable bonds is 5. The minimum Gasteiger partial charge on any atom is -0.491 e. The summed E-state index contributed by atoms with van der Waals surface area (Å²) in [4.78, 5) is 12.1. The van der Waals surface area contributed by atoms with E-state index in [1.54, 1.807) is 0 Å². The molecule has 2 aromatic rings. The Kier molecular flexibility index (Phi) is 4.99. The Balaban J connectivity index is 2.01. The van der Waals surface area contributed by atoms with Crippen LogP contribution in [0.4, 0.5) is 5.69 Å². The molecule has 2 rings (SSSR count). The van der Waals surface area contributed by atoms with E-state index in [2.05, 4.69) is 12.2 Å². The second-order valence-electron chi connectivity index (χ2n) is 5.18. The number of ether oxygens (including phenoxy) is 1. The van der Waals surface area contributed by atoms with Gasteiger partial charge in [0.05, 0.1) is 6.10 Å². The van der Waals surface area contributed by atoms with Crippen LogP contribution in [-0.2, 0) is 0 Å². The molecule has 0 radical (unpaired) electrons. The average Bonchev–Trinajstić information content (AvgIpc) is 2.49. The smallest absolute Gasteiger partial charge is 0.255 e. The first-order valence-corrected chi connectivity index (χ1v) is 7.23. The molecule has 0 spiro atoms. The zero-order chi connectivity index (χ0) is 15.2. The quantitative estimate of drug-likeness (QED) is 0.881. The van der Waals surface area contributed by atoms with Gasteiger partial charge < -0.3 is 10.1 Å². The van der Waals surface area contributed by atoms with Gasteiger partial charge in [0, 0.05) is 11.3 Å². The molecule has 1 atom stereocenters. The van der Waals surface area contributed by atoms with Crippen molar-refractivity contribution < 1.29 is 9.53 Å². The van der Waals surface area contributed by atoms with Crippen molar-refractivity contribution in [2.45, 2.75) is 33.3 Å². The summed E-state index contributed by atoms with van der Waals surface area (Å²) in [5, 5.41) is 2.89. The predicted molar refractivity (Wildman–Crippen MR) is 86.0 cm³/mol. The second kappa shape index (κ2) is 6.93. The van der Waals surface area contributed by atoms with Gasteiger partial charge in [0.1, 0.15) is 5.75 Å². The molecule has 0 aliphatic heterocycles. The summed E-state index contributed by atoms with van der Waals surface area (Å²) in [5.74, 6) is 0.715. The minimum atomic E-state index is -0.103. The van der Waals surface area contributed by atoms with Crippen LogP contribution >= 0.6 is 0 Å². The number of hydrogen-bond acceptors (Lipinski definition) is 2. The lowest BCUT2D eigenvalue weighted by Gasteiger charge is -2.13. The molecule has 21 heavy (non-hydrogen) atoms. The summed E-state index contributed by atoms with van der Waals surface area (Å²) in [5.41, 5.74) is 2.49. The fourth-order valence-electron chi connectivity index (χ4n) is 1.92. The van der Waals surface area contributed by atoms with Crippen molar-refractivity contribution in [3.8, 4) is 5.75 Å². The number of hydrogen-bond donors (Lipinski definition) is 1. The number of benzene rings is 2. The molecule has 1 unspecified atom stereocenters. The molecule has 0 bridgehead atoms. The minimum absolute atomic E-state index is 0.103. The van der Waals surface area contributed by atoms with Crippen LogP contribution in [0.5, 0.6) is 5.75 Å². The molecule has 1 amide bonds. The highest BCUT2D eigenvalue weighted by Gasteiger charge is 2.06. The SMILES string of the molecule is CCC(C)Oc1ccc(NC(=O)c2cccc(C)c2)cc1. The molecule has 0 aliphatic rings. The first kappa shape index (κ1) is 15.1. The topological polar surface area (TPSA) is 38.3 Å². The molecule has 3 heteroatoms. The Morgan fingerprint density at radius 1 is 1.19 bits per heavy atom. The van der Waals surface area contributed by atoms with Crippen LogP contribution in [0.3, 0.4) is 0 Å². The number of aryl methyl sites for hydroxylation is 1. The van der Waals surface area contributed by atoms with Gasteiger partial charge >= 0.3 is 0 Å². The van der Waals surface area contributed by atoms with Crippen molar-refractivity contribution in [1.29, 1.82) is 0 Å². The zero-order valence-electron chi connectivity index (χ0n) is 12.7. The lowest BCUT2D eigenvalue weighted by atomic mass is 10.1. The van der Waals surface area contributed by atoms with Gasteiger partial charge in [-0.05, 0) is 56.7 Å². The van der Waals surface area contributed by atoms with Gasteiger partial charge in [0.25, 0.3) is 5.91 Å². The monoisotopic (exact) mass is 283 g/mol. The lowest BCUT2D eigenvalue weighted by molar-refractivity contribution is 0.102. The standard InChI is InChI=1S/C18H21NO2/c1-4-14(3)21-17-10-8-16(9-11-17)19-18(20)15-7-5-6-13(2)12-15/h5-12,14H,4H2,1-3H3,(H,19,20). The Morgan fingerprint density at radius 3 is 2.52 bits per heavy atom. The van der Waals surface area contributed by atoms with Gasteiger partial charge in [-0.15, -0.1) is 0 Å². The lowest BCUT2D eigenvalue weighted by Crippen LogP contribution is -2.12. The molecule has 0 saturated heterocycles. The maximum atomic E-state index is 12.1. The van der Waals surface area contributed by atoms with Crippen LogP contribution in [0.15, 0.2) is 48.5 Å². The molecule has 2 aromatic carbocycles. The molecule has 0 heterocycles. The van der Waals surface area contributed by atoms with Crippen molar-refractivity contribution in [2.75, 3.05) is 5.32 Å². The molecule has 0 fully saturated rings. The van der Waals surface area contributed by atoms with Gasteiger partial charge in [0.2, 0.25) is 0 Å². The van der Waals surface area contributed by atoms with Crippen molar-refractivity contribution in [1.82, 2.24) is 0 Å². The highest BCUT2D eigenvalue weighted by Crippen LogP contribution is 2.18. The van der Waals surface area contributed by atoms with Gasteiger partial charge in [-0.3, -0.25) is 4.79 Å². The molecule has 1 N–H and O–H groups in total. The predicted octanol–water partition coefficient (Wildman–Crippen LogP) is 4.42. The van der Waals surface area contributed by atoms with Crippen LogP contribution in [0.1, 0.15) is 36.2 Å². The van der Waals surface area contributed by atoms with E-state index in [0.29, 0.717) is 5.56 Å². The number of carbonyl (C=O) groups excluding carboxylic acids is 1. The number of amides is 1. The molecule has 0 saturated carbocycles. The Hall–Kier alpha value is -2.29. The van der Waals surface area contributed by atoms with E-state index in [9.17, 15) is 4.79 Å². The first-order chi connectivity index (χ1) is 10.1. The van der Waals surface area contributed by atoms with E-state index < -0.39 is 0 Å². The van der Waals surface area contributed by atoms with E-state index in [-0.39, 0.29) is 12.0 Å².